The van der Waals surface area contributed by atoms with Crippen LogP contribution in [0.15, 0.2) is 0 Å². The Kier molecular flexibility index (Phi) is 6.79. The molecule has 1 unspecified atom stereocenters. The molecular formula is C17H35N3. The van der Waals surface area contributed by atoms with E-state index in [1.807, 2.05) is 0 Å². The van der Waals surface area contributed by atoms with Crippen molar-refractivity contribution in [2.75, 3.05) is 40.3 Å². The fraction of sp³-hybridized carbons (Fsp3) is 1.00. The Morgan fingerprint density at radius 3 is 2.40 bits per heavy atom. The van der Waals surface area contributed by atoms with E-state index in [2.05, 4.69) is 36.1 Å². The van der Waals surface area contributed by atoms with E-state index in [4.69, 9.17) is 0 Å². The average molecular weight is 281 g/mol. The first-order chi connectivity index (χ1) is 9.70. The van der Waals surface area contributed by atoms with E-state index in [9.17, 15) is 0 Å². The van der Waals surface area contributed by atoms with Crippen molar-refractivity contribution in [3.8, 4) is 0 Å². The van der Waals surface area contributed by atoms with Gasteiger partial charge >= 0.3 is 0 Å². The van der Waals surface area contributed by atoms with Gasteiger partial charge in [0, 0.05) is 18.6 Å². The molecule has 3 heteroatoms. The van der Waals surface area contributed by atoms with Gasteiger partial charge in [-0.1, -0.05) is 19.8 Å². The van der Waals surface area contributed by atoms with Crippen molar-refractivity contribution in [3.05, 3.63) is 0 Å². The predicted molar refractivity (Wildman–Crippen MR) is 87.2 cm³/mol. The number of likely N-dealkylation sites (N-methyl/N-ethyl adjacent to an activating group) is 1. The van der Waals surface area contributed by atoms with E-state index >= 15 is 0 Å². The minimum Gasteiger partial charge on any atom is -0.312 e. The Morgan fingerprint density at radius 1 is 1.15 bits per heavy atom. The molecule has 2 rings (SSSR count). The first kappa shape index (κ1) is 16.3. The zero-order valence-electron chi connectivity index (χ0n) is 13.9. The minimum absolute atomic E-state index is 0.724. The van der Waals surface area contributed by atoms with Crippen LogP contribution in [-0.4, -0.2) is 62.2 Å². The highest BCUT2D eigenvalue weighted by Gasteiger charge is 2.28. The molecule has 0 aromatic heterocycles. The number of nitrogens with one attached hydrogen (secondary N) is 1. The quantitative estimate of drug-likeness (QED) is 0.774. The molecule has 0 bridgehead atoms. The molecular weight excluding hydrogens is 246 g/mol. The second-order valence-electron chi connectivity index (χ2n) is 7.08. The number of hydrogen-bond donors (Lipinski definition) is 1. The molecule has 1 aliphatic heterocycles. The van der Waals surface area contributed by atoms with Crippen molar-refractivity contribution < 1.29 is 0 Å². The van der Waals surface area contributed by atoms with Crippen molar-refractivity contribution in [1.29, 1.82) is 0 Å². The Balaban J connectivity index is 1.82. The fourth-order valence-corrected chi connectivity index (χ4v) is 3.96. The van der Waals surface area contributed by atoms with Crippen molar-refractivity contribution >= 4 is 0 Å². The molecule has 20 heavy (non-hydrogen) atoms. The number of piperidine rings is 1. The molecule has 0 radical (unpaired) electrons. The molecule has 3 nitrogen and oxygen atoms in total. The first-order valence-corrected chi connectivity index (χ1v) is 8.83. The second-order valence-corrected chi connectivity index (χ2v) is 7.08. The summed E-state index contributed by atoms with van der Waals surface area (Å²) in [6.45, 7) is 7.25. The summed E-state index contributed by atoms with van der Waals surface area (Å²) < 4.78 is 0. The predicted octanol–water partition coefficient (Wildman–Crippen LogP) is 2.57. The largest absolute Gasteiger partial charge is 0.312 e. The molecule has 1 atom stereocenters. The van der Waals surface area contributed by atoms with E-state index in [0.29, 0.717) is 0 Å². The lowest BCUT2D eigenvalue weighted by Gasteiger charge is -2.38. The molecule has 0 spiro atoms. The van der Waals surface area contributed by atoms with Gasteiger partial charge in [-0.25, -0.2) is 0 Å². The average Bonchev–Trinajstić information content (AvgIpc) is 2.98. The Bertz CT molecular complexity index is 255. The van der Waals surface area contributed by atoms with Gasteiger partial charge in [-0.2, -0.15) is 0 Å². The van der Waals surface area contributed by atoms with Crippen LogP contribution in [-0.2, 0) is 0 Å². The third-order valence-corrected chi connectivity index (χ3v) is 5.42. The summed E-state index contributed by atoms with van der Waals surface area (Å²) >= 11 is 0. The number of likely N-dealkylation sites (tertiary alicyclic amines) is 1. The maximum atomic E-state index is 3.84. The third-order valence-electron chi connectivity index (χ3n) is 5.42. The van der Waals surface area contributed by atoms with Gasteiger partial charge < -0.3 is 15.1 Å². The van der Waals surface area contributed by atoms with Gasteiger partial charge in [0.1, 0.15) is 0 Å². The summed E-state index contributed by atoms with van der Waals surface area (Å²) in [6.07, 6.45) is 9.74. The topological polar surface area (TPSA) is 18.5 Å². The van der Waals surface area contributed by atoms with Gasteiger partial charge in [0.15, 0.2) is 0 Å². The van der Waals surface area contributed by atoms with Crippen LogP contribution in [0.25, 0.3) is 0 Å². The van der Waals surface area contributed by atoms with Gasteiger partial charge in [-0.05, 0) is 71.8 Å². The van der Waals surface area contributed by atoms with E-state index in [-0.39, 0.29) is 0 Å². The maximum absolute atomic E-state index is 3.84. The number of hydrogen-bond acceptors (Lipinski definition) is 3. The van der Waals surface area contributed by atoms with Crippen LogP contribution in [0.4, 0.5) is 0 Å². The second kappa shape index (κ2) is 8.35. The minimum atomic E-state index is 0.724. The SMILES string of the molecule is CCCNC(CN(C)C1CCN(C)CC1)C1CCCC1. The summed E-state index contributed by atoms with van der Waals surface area (Å²) in [7, 11) is 4.60. The van der Waals surface area contributed by atoms with E-state index < -0.39 is 0 Å². The highest BCUT2D eigenvalue weighted by Crippen LogP contribution is 2.28. The molecule has 2 aliphatic rings. The molecule has 2 fully saturated rings. The summed E-state index contributed by atoms with van der Waals surface area (Å²) in [5.74, 6) is 0.926. The van der Waals surface area contributed by atoms with Crippen LogP contribution in [0.3, 0.4) is 0 Å². The van der Waals surface area contributed by atoms with Crippen LogP contribution < -0.4 is 5.32 Å². The normalized spacial score (nSPS) is 24.6. The monoisotopic (exact) mass is 281 g/mol. The zero-order chi connectivity index (χ0) is 14.4. The van der Waals surface area contributed by atoms with Gasteiger partial charge in [0.05, 0.1) is 0 Å². The summed E-state index contributed by atoms with van der Waals surface area (Å²) in [5, 5.41) is 3.84. The van der Waals surface area contributed by atoms with Crippen LogP contribution in [0.2, 0.25) is 0 Å². The van der Waals surface area contributed by atoms with Crippen LogP contribution in [0, 0.1) is 5.92 Å². The third kappa shape index (κ3) is 4.71. The van der Waals surface area contributed by atoms with Crippen molar-refractivity contribution in [1.82, 2.24) is 15.1 Å². The Morgan fingerprint density at radius 2 is 1.80 bits per heavy atom. The standard InChI is InChI=1S/C17H35N3/c1-4-11-18-17(15-7-5-6-8-15)14-20(3)16-9-12-19(2)13-10-16/h15-18H,4-14H2,1-3H3. The first-order valence-electron chi connectivity index (χ1n) is 8.83. The summed E-state index contributed by atoms with van der Waals surface area (Å²) in [4.78, 5) is 5.12. The lowest BCUT2D eigenvalue weighted by atomic mass is 9.96. The van der Waals surface area contributed by atoms with Gasteiger partial charge in [-0.3, -0.25) is 0 Å². The zero-order valence-corrected chi connectivity index (χ0v) is 13.9. The molecule has 0 amide bonds. The van der Waals surface area contributed by atoms with Gasteiger partial charge in [0.2, 0.25) is 0 Å². The van der Waals surface area contributed by atoms with E-state index in [1.165, 1.54) is 71.1 Å². The molecule has 118 valence electrons. The highest BCUT2D eigenvalue weighted by atomic mass is 15.2. The molecule has 1 aliphatic carbocycles. The van der Waals surface area contributed by atoms with Crippen LogP contribution in [0.5, 0.6) is 0 Å². The molecule has 0 aromatic carbocycles. The molecule has 1 N–H and O–H groups in total. The summed E-state index contributed by atoms with van der Waals surface area (Å²) in [5.41, 5.74) is 0. The number of nitrogens with zero attached hydrogens (tertiary/aromatic N) is 2. The fourth-order valence-electron chi connectivity index (χ4n) is 3.96. The van der Waals surface area contributed by atoms with Gasteiger partial charge in [-0.15, -0.1) is 0 Å². The van der Waals surface area contributed by atoms with Crippen molar-refractivity contribution in [2.45, 2.75) is 64.0 Å². The van der Waals surface area contributed by atoms with Gasteiger partial charge in [0.25, 0.3) is 0 Å². The molecule has 1 heterocycles. The smallest absolute Gasteiger partial charge is 0.0223 e. The van der Waals surface area contributed by atoms with E-state index in [1.54, 1.807) is 0 Å². The maximum Gasteiger partial charge on any atom is 0.0223 e. The van der Waals surface area contributed by atoms with E-state index in [0.717, 1.165) is 18.0 Å². The number of rotatable bonds is 7. The highest BCUT2D eigenvalue weighted by molar-refractivity contribution is 4.85. The Labute approximate surface area is 126 Å². The Hall–Kier alpha value is -0.120. The lowest BCUT2D eigenvalue weighted by molar-refractivity contribution is 0.124. The summed E-state index contributed by atoms with van der Waals surface area (Å²) in [6, 6.07) is 1.53. The molecule has 0 aromatic rings. The van der Waals surface area contributed by atoms with Crippen molar-refractivity contribution in [3.63, 3.8) is 0 Å². The molecule has 1 saturated heterocycles. The van der Waals surface area contributed by atoms with Crippen LogP contribution in [0.1, 0.15) is 51.9 Å². The lowest BCUT2D eigenvalue weighted by Crippen LogP contribution is -2.49. The van der Waals surface area contributed by atoms with Crippen LogP contribution >= 0.6 is 0 Å². The molecule has 1 saturated carbocycles. The van der Waals surface area contributed by atoms with Crippen molar-refractivity contribution in [2.24, 2.45) is 5.92 Å².